The first-order valence-electron chi connectivity index (χ1n) is 6.34. The molecule has 1 aliphatic rings. The fourth-order valence-corrected chi connectivity index (χ4v) is 4.28. The molecule has 0 spiro atoms. The summed E-state index contributed by atoms with van der Waals surface area (Å²) in [5, 5.41) is 10.1. The Labute approximate surface area is 133 Å². The lowest BCUT2D eigenvalue weighted by atomic mass is 10.00. The van der Waals surface area contributed by atoms with E-state index in [1.165, 1.54) is 11.3 Å². The molecular formula is C13H12BrClN2O2S. The number of H-pyrrole nitrogens is 1. The number of halogens is 2. The van der Waals surface area contributed by atoms with E-state index in [-0.39, 0.29) is 17.4 Å². The summed E-state index contributed by atoms with van der Waals surface area (Å²) in [5.41, 5.74) is 0.174. The van der Waals surface area contributed by atoms with Crippen molar-refractivity contribution in [3.8, 4) is 16.6 Å². The first-order valence-corrected chi connectivity index (χ1v) is 8.33. The van der Waals surface area contributed by atoms with Gasteiger partial charge in [0, 0.05) is 4.47 Å². The second kappa shape index (κ2) is 5.50. The summed E-state index contributed by atoms with van der Waals surface area (Å²) in [6.07, 6.45) is 4.07. The lowest BCUT2D eigenvalue weighted by molar-refractivity contribution is 0.436. The van der Waals surface area contributed by atoms with Crippen molar-refractivity contribution >= 4 is 38.9 Å². The predicted octanol–water partition coefficient (Wildman–Crippen LogP) is 4.28. The van der Waals surface area contributed by atoms with Crippen LogP contribution in [0.5, 0.6) is 5.88 Å². The number of aromatic nitrogens is 2. The third kappa shape index (κ3) is 2.52. The van der Waals surface area contributed by atoms with Crippen LogP contribution in [0.15, 0.2) is 15.3 Å². The molecule has 3 rings (SSSR count). The van der Waals surface area contributed by atoms with Gasteiger partial charge in [0.25, 0.3) is 5.56 Å². The van der Waals surface area contributed by atoms with Gasteiger partial charge in [-0.25, -0.2) is 0 Å². The van der Waals surface area contributed by atoms with Crippen LogP contribution in [0.25, 0.3) is 10.7 Å². The van der Waals surface area contributed by atoms with Crippen LogP contribution in [-0.2, 0) is 0 Å². The van der Waals surface area contributed by atoms with Crippen LogP contribution in [-0.4, -0.2) is 15.1 Å². The maximum atomic E-state index is 12.2. The molecule has 0 atom stereocenters. The van der Waals surface area contributed by atoms with Gasteiger partial charge in [0.15, 0.2) is 5.82 Å². The van der Waals surface area contributed by atoms with Crippen molar-refractivity contribution in [2.45, 2.75) is 31.6 Å². The third-order valence-electron chi connectivity index (χ3n) is 3.58. The number of nitrogens with zero attached hydrogens (tertiary/aromatic N) is 1. The van der Waals surface area contributed by atoms with Crippen molar-refractivity contribution in [2.75, 3.05) is 0 Å². The maximum absolute atomic E-state index is 12.2. The zero-order valence-corrected chi connectivity index (χ0v) is 13.6. The van der Waals surface area contributed by atoms with Crippen molar-refractivity contribution in [2.24, 2.45) is 0 Å². The molecule has 2 heterocycles. The van der Waals surface area contributed by atoms with Crippen LogP contribution >= 0.6 is 38.9 Å². The van der Waals surface area contributed by atoms with E-state index in [1.54, 1.807) is 6.07 Å². The molecule has 0 bridgehead atoms. The fraction of sp³-hybridized carbons (Fsp3) is 0.385. The fourth-order valence-electron chi connectivity index (χ4n) is 2.63. The minimum absolute atomic E-state index is 0.124. The number of hydrogen-bond acceptors (Lipinski definition) is 4. The molecule has 0 aromatic carbocycles. The zero-order chi connectivity index (χ0) is 14.3. The van der Waals surface area contributed by atoms with Gasteiger partial charge in [-0.3, -0.25) is 4.79 Å². The number of aromatic hydroxyl groups is 1. The summed E-state index contributed by atoms with van der Waals surface area (Å²) in [4.78, 5) is 19.8. The molecule has 0 saturated heterocycles. The Balaban J connectivity index is 2.05. The molecule has 0 radical (unpaired) electrons. The molecule has 20 heavy (non-hydrogen) atoms. The number of nitrogens with one attached hydrogen (secondary N) is 1. The Kier molecular flexibility index (Phi) is 3.88. The normalized spacial score (nSPS) is 15.9. The smallest absolute Gasteiger partial charge is 0.258 e. The minimum atomic E-state index is -0.250. The van der Waals surface area contributed by atoms with E-state index in [9.17, 15) is 9.90 Å². The van der Waals surface area contributed by atoms with E-state index in [0.29, 0.717) is 20.6 Å². The van der Waals surface area contributed by atoms with Gasteiger partial charge in [-0.05, 0) is 40.8 Å². The van der Waals surface area contributed by atoms with E-state index >= 15 is 0 Å². The summed E-state index contributed by atoms with van der Waals surface area (Å²) >= 11 is 10.6. The average molecular weight is 376 g/mol. The molecule has 2 aromatic heterocycles. The third-order valence-corrected chi connectivity index (χ3v) is 6.06. The summed E-state index contributed by atoms with van der Waals surface area (Å²) < 4.78 is 1.34. The molecule has 0 unspecified atom stereocenters. The van der Waals surface area contributed by atoms with Gasteiger partial charge >= 0.3 is 0 Å². The monoisotopic (exact) mass is 374 g/mol. The Morgan fingerprint density at radius 3 is 2.70 bits per heavy atom. The molecule has 1 aliphatic carbocycles. The SMILES string of the molecule is O=c1[nH]c(-c2cc(Br)c(Cl)s2)nc(O)c1C1CCCC1. The zero-order valence-electron chi connectivity index (χ0n) is 10.4. The van der Waals surface area contributed by atoms with Crippen molar-refractivity contribution < 1.29 is 5.11 Å². The van der Waals surface area contributed by atoms with Crippen LogP contribution in [0, 0.1) is 0 Å². The largest absolute Gasteiger partial charge is 0.493 e. The maximum Gasteiger partial charge on any atom is 0.258 e. The Morgan fingerprint density at radius 2 is 2.15 bits per heavy atom. The predicted molar refractivity (Wildman–Crippen MR) is 83.8 cm³/mol. The van der Waals surface area contributed by atoms with Crippen molar-refractivity contribution in [1.82, 2.24) is 9.97 Å². The van der Waals surface area contributed by atoms with Gasteiger partial charge in [0.05, 0.1) is 10.4 Å². The molecule has 4 nitrogen and oxygen atoms in total. The van der Waals surface area contributed by atoms with Crippen molar-refractivity contribution in [1.29, 1.82) is 0 Å². The lowest BCUT2D eigenvalue weighted by Crippen LogP contribution is -2.17. The van der Waals surface area contributed by atoms with Crippen molar-refractivity contribution in [3.05, 3.63) is 30.8 Å². The first-order chi connectivity index (χ1) is 9.56. The van der Waals surface area contributed by atoms with Gasteiger partial charge < -0.3 is 10.1 Å². The van der Waals surface area contributed by atoms with Crippen LogP contribution in [0.2, 0.25) is 4.34 Å². The number of hydrogen-bond donors (Lipinski definition) is 2. The molecule has 0 aliphatic heterocycles. The highest BCUT2D eigenvalue weighted by molar-refractivity contribution is 9.10. The highest BCUT2D eigenvalue weighted by Crippen LogP contribution is 2.39. The molecule has 2 aromatic rings. The van der Waals surface area contributed by atoms with E-state index in [0.717, 1.165) is 30.2 Å². The van der Waals surface area contributed by atoms with Crippen LogP contribution in [0.1, 0.15) is 37.2 Å². The van der Waals surface area contributed by atoms with E-state index in [2.05, 4.69) is 25.9 Å². The van der Waals surface area contributed by atoms with Gasteiger partial charge in [-0.2, -0.15) is 4.98 Å². The second-order valence-electron chi connectivity index (χ2n) is 4.87. The Hall–Kier alpha value is -0.850. The summed E-state index contributed by atoms with van der Waals surface area (Å²) in [7, 11) is 0. The molecule has 106 valence electrons. The Bertz CT molecular complexity index is 687. The number of aromatic amines is 1. The van der Waals surface area contributed by atoms with Gasteiger partial charge in [-0.1, -0.05) is 24.4 Å². The van der Waals surface area contributed by atoms with Crippen LogP contribution < -0.4 is 5.56 Å². The molecule has 1 fully saturated rings. The highest BCUT2D eigenvalue weighted by Gasteiger charge is 2.25. The molecule has 2 N–H and O–H groups in total. The average Bonchev–Trinajstić information content (AvgIpc) is 3.00. The van der Waals surface area contributed by atoms with Gasteiger partial charge in [-0.15, -0.1) is 11.3 Å². The standard InChI is InChI=1S/C13H12BrClN2O2S/c14-7-5-8(20-10(7)15)11-16-12(18)9(13(19)17-11)6-3-1-2-4-6/h5-6H,1-4H2,(H2,16,17,18,19). The first kappa shape index (κ1) is 14.1. The minimum Gasteiger partial charge on any atom is -0.493 e. The highest BCUT2D eigenvalue weighted by atomic mass is 79.9. The van der Waals surface area contributed by atoms with Gasteiger partial charge in [0.2, 0.25) is 5.88 Å². The number of thiophene rings is 1. The molecular weight excluding hydrogens is 364 g/mol. The Morgan fingerprint density at radius 1 is 1.45 bits per heavy atom. The molecule has 1 saturated carbocycles. The summed E-state index contributed by atoms with van der Waals surface area (Å²) in [6, 6.07) is 1.78. The van der Waals surface area contributed by atoms with Gasteiger partial charge in [0.1, 0.15) is 4.34 Å². The van der Waals surface area contributed by atoms with Crippen LogP contribution in [0.3, 0.4) is 0 Å². The van der Waals surface area contributed by atoms with E-state index in [4.69, 9.17) is 11.6 Å². The molecule has 0 amide bonds. The number of rotatable bonds is 2. The summed E-state index contributed by atoms with van der Waals surface area (Å²) in [6.45, 7) is 0. The quantitative estimate of drug-likeness (QED) is 0.823. The lowest BCUT2D eigenvalue weighted by Gasteiger charge is -2.10. The topological polar surface area (TPSA) is 66.0 Å². The second-order valence-corrected chi connectivity index (χ2v) is 7.37. The molecule has 7 heteroatoms. The van der Waals surface area contributed by atoms with Crippen molar-refractivity contribution in [3.63, 3.8) is 0 Å². The summed E-state index contributed by atoms with van der Waals surface area (Å²) in [5.74, 6) is 0.321. The van der Waals surface area contributed by atoms with E-state index in [1.807, 2.05) is 0 Å². The van der Waals surface area contributed by atoms with Crippen LogP contribution in [0.4, 0.5) is 0 Å². The van der Waals surface area contributed by atoms with E-state index < -0.39 is 0 Å².